The van der Waals surface area contributed by atoms with Crippen molar-refractivity contribution in [2.24, 2.45) is 12.8 Å². The van der Waals surface area contributed by atoms with Gasteiger partial charge in [0.25, 0.3) is 5.56 Å². The van der Waals surface area contributed by atoms with Crippen LogP contribution in [0.1, 0.15) is 35.4 Å². The van der Waals surface area contributed by atoms with Gasteiger partial charge in [0.05, 0.1) is 24.3 Å². The molecule has 2 N–H and O–H groups in total. The summed E-state index contributed by atoms with van der Waals surface area (Å²) >= 11 is 0. The molecule has 34 heavy (non-hydrogen) atoms. The summed E-state index contributed by atoms with van der Waals surface area (Å²) in [6.07, 6.45) is 3.43. The molecule has 1 fully saturated rings. The molecule has 0 aliphatic carbocycles. The Morgan fingerprint density at radius 2 is 2.03 bits per heavy atom. The number of anilines is 1. The Hall–Kier alpha value is -3.90. The molecule has 9 heteroatoms. The van der Waals surface area contributed by atoms with Gasteiger partial charge in [-0.05, 0) is 31.4 Å². The zero-order chi connectivity index (χ0) is 23.8. The highest BCUT2D eigenvalue weighted by Crippen LogP contribution is 2.32. The number of aromatic nitrogens is 5. The van der Waals surface area contributed by atoms with Crippen molar-refractivity contribution in [1.29, 1.82) is 5.26 Å². The third-order valence-corrected chi connectivity index (χ3v) is 6.48. The highest BCUT2D eigenvalue weighted by atomic mass is 16.1. The monoisotopic (exact) mass is 456 g/mol. The predicted octanol–water partition coefficient (Wildman–Crippen LogP) is 2.14. The Labute approximate surface area is 197 Å². The maximum absolute atomic E-state index is 13.8. The molecule has 1 aliphatic heterocycles. The van der Waals surface area contributed by atoms with E-state index >= 15 is 0 Å². The smallest absolute Gasteiger partial charge is 0.278 e. The summed E-state index contributed by atoms with van der Waals surface area (Å²) in [7, 11) is 1.86. The lowest BCUT2D eigenvalue weighted by Gasteiger charge is -2.33. The molecule has 0 amide bonds. The SMILES string of the molecule is Cc1cc(Cn2cnc3c(C#N)c(N4CCC[C@H](N)C4)n(Cc4ccccc4)c3c2=O)n(C)n1. The van der Waals surface area contributed by atoms with Crippen molar-refractivity contribution < 1.29 is 0 Å². The van der Waals surface area contributed by atoms with Gasteiger partial charge in [0.2, 0.25) is 0 Å². The number of hydrogen-bond acceptors (Lipinski definition) is 6. The first kappa shape index (κ1) is 21.9. The second kappa shape index (κ2) is 8.80. The Balaban J connectivity index is 1.72. The lowest BCUT2D eigenvalue weighted by atomic mass is 10.1. The first-order valence-electron chi connectivity index (χ1n) is 11.5. The van der Waals surface area contributed by atoms with Crippen molar-refractivity contribution in [3.05, 3.63) is 75.6 Å². The molecule has 4 heterocycles. The second-order valence-corrected chi connectivity index (χ2v) is 9.01. The number of benzene rings is 1. The van der Waals surface area contributed by atoms with Gasteiger partial charge in [0.1, 0.15) is 28.5 Å². The number of hydrogen-bond donors (Lipinski definition) is 1. The summed E-state index contributed by atoms with van der Waals surface area (Å²) in [6.45, 7) is 4.17. The van der Waals surface area contributed by atoms with Crippen molar-refractivity contribution in [2.45, 2.75) is 38.9 Å². The quantitative estimate of drug-likeness (QED) is 0.493. The lowest BCUT2D eigenvalue weighted by Crippen LogP contribution is -2.44. The van der Waals surface area contributed by atoms with E-state index in [1.165, 1.54) is 6.33 Å². The minimum Gasteiger partial charge on any atom is -0.355 e. The van der Waals surface area contributed by atoms with E-state index in [-0.39, 0.29) is 11.6 Å². The van der Waals surface area contributed by atoms with E-state index in [9.17, 15) is 10.1 Å². The predicted molar refractivity (Wildman–Crippen MR) is 131 cm³/mol. The van der Waals surface area contributed by atoms with Gasteiger partial charge >= 0.3 is 0 Å². The summed E-state index contributed by atoms with van der Waals surface area (Å²) in [6, 6.07) is 14.3. The number of nitrogens with zero attached hydrogens (tertiary/aromatic N) is 7. The number of nitriles is 1. The van der Waals surface area contributed by atoms with Gasteiger partial charge in [-0.25, -0.2) is 4.98 Å². The Kier molecular flexibility index (Phi) is 5.67. The Morgan fingerprint density at radius 3 is 2.71 bits per heavy atom. The molecule has 0 spiro atoms. The summed E-state index contributed by atoms with van der Waals surface area (Å²) in [4.78, 5) is 20.6. The van der Waals surface area contributed by atoms with Crippen LogP contribution in [0.25, 0.3) is 11.0 Å². The third kappa shape index (κ3) is 3.86. The zero-order valence-corrected chi connectivity index (χ0v) is 19.5. The summed E-state index contributed by atoms with van der Waals surface area (Å²) in [5, 5.41) is 14.5. The average molecular weight is 457 g/mol. The van der Waals surface area contributed by atoms with E-state index in [1.54, 1.807) is 9.25 Å². The van der Waals surface area contributed by atoms with Crippen LogP contribution in [-0.2, 0) is 20.1 Å². The van der Waals surface area contributed by atoms with E-state index in [1.807, 2.05) is 54.9 Å². The third-order valence-electron chi connectivity index (χ3n) is 6.48. The molecule has 0 radical (unpaired) electrons. The van der Waals surface area contributed by atoms with Gasteiger partial charge in [0.15, 0.2) is 0 Å². The Bertz CT molecular complexity index is 1440. The molecule has 4 aromatic rings. The van der Waals surface area contributed by atoms with Crippen LogP contribution in [-0.4, -0.2) is 43.0 Å². The van der Waals surface area contributed by atoms with Gasteiger partial charge in [-0.2, -0.15) is 10.4 Å². The summed E-state index contributed by atoms with van der Waals surface area (Å²) < 4.78 is 5.32. The molecule has 1 aliphatic rings. The average Bonchev–Trinajstić information content (AvgIpc) is 3.32. The minimum absolute atomic E-state index is 0.0289. The van der Waals surface area contributed by atoms with Crippen LogP contribution in [0.2, 0.25) is 0 Å². The first-order chi connectivity index (χ1) is 16.5. The van der Waals surface area contributed by atoms with Crippen LogP contribution in [0, 0.1) is 18.3 Å². The molecule has 1 atom stereocenters. The maximum Gasteiger partial charge on any atom is 0.278 e. The second-order valence-electron chi connectivity index (χ2n) is 9.01. The van der Waals surface area contributed by atoms with Crippen LogP contribution < -0.4 is 16.2 Å². The number of aryl methyl sites for hydroxylation is 2. The van der Waals surface area contributed by atoms with E-state index < -0.39 is 0 Å². The standard InChI is InChI=1S/C25H28N8O/c1-17-11-20(30(2)29-17)15-32-16-28-22-21(12-26)24(31-10-6-9-19(27)14-31)33(23(22)25(32)34)13-18-7-4-3-5-8-18/h3-5,7-8,11,16,19H,6,9-10,13-15,27H2,1-2H3/t19-/m0/s1. The Morgan fingerprint density at radius 1 is 1.24 bits per heavy atom. The van der Waals surface area contributed by atoms with Crippen molar-refractivity contribution in [2.75, 3.05) is 18.0 Å². The van der Waals surface area contributed by atoms with Crippen LogP contribution in [0.3, 0.4) is 0 Å². The van der Waals surface area contributed by atoms with Crippen LogP contribution in [0.4, 0.5) is 5.82 Å². The fraction of sp³-hybridized carbons (Fsp3) is 0.360. The minimum atomic E-state index is -0.177. The molecule has 0 saturated carbocycles. The number of fused-ring (bicyclic) bond motifs is 1. The van der Waals surface area contributed by atoms with Crippen molar-refractivity contribution in [3.8, 4) is 6.07 Å². The highest BCUT2D eigenvalue weighted by Gasteiger charge is 2.28. The molecule has 9 nitrogen and oxygen atoms in total. The first-order valence-corrected chi connectivity index (χ1v) is 11.5. The van der Waals surface area contributed by atoms with Gasteiger partial charge in [-0.1, -0.05) is 30.3 Å². The number of piperidine rings is 1. The number of rotatable bonds is 5. The summed E-state index contributed by atoms with van der Waals surface area (Å²) in [5.74, 6) is 0.732. The van der Waals surface area contributed by atoms with Gasteiger partial charge in [-0.3, -0.25) is 14.0 Å². The normalized spacial score (nSPS) is 16.2. The molecule has 0 unspecified atom stereocenters. The molecule has 1 aromatic carbocycles. The van der Waals surface area contributed by atoms with Crippen molar-refractivity contribution in [1.82, 2.24) is 23.9 Å². The van der Waals surface area contributed by atoms with Crippen molar-refractivity contribution >= 4 is 16.9 Å². The summed E-state index contributed by atoms with van der Waals surface area (Å²) in [5.41, 5.74) is 10.3. The molecular formula is C25H28N8O. The van der Waals surface area contributed by atoms with Crippen LogP contribution in [0.15, 0.2) is 47.5 Å². The van der Waals surface area contributed by atoms with E-state index in [0.29, 0.717) is 36.2 Å². The van der Waals surface area contributed by atoms with E-state index in [2.05, 4.69) is 21.1 Å². The molecule has 174 valence electrons. The molecule has 1 saturated heterocycles. The number of nitrogens with two attached hydrogens (primary N) is 1. The molecular weight excluding hydrogens is 428 g/mol. The fourth-order valence-corrected chi connectivity index (χ4v) is 4.90. The fourth-order valence-electron chi connectivity index (χ4n) is 4.90. The maximum atomic E-state index is 13.8. The van der Waals surface area contributed by atoms with Gasteiger partial charge in [0, 0.05) is 32.7 Å². The topological polar surface area (TPSA) is 111 Å². The molecule has 0 bridgehead atoms. The molecule has 5 rings (SSSR count). The largest absolute Gasteiger partial charge is 0.355 e. The van der Waals surface area contributed by atoms with Crippen LogP contribution in [0.5, 0.6) is 0 Å². The van der Waals surface area contributed by atoms with Crippen molar-refractivity contribution in [3.63, 3.8) is 0 Å². The molecule has 3 aromatic heterocycles. The van der Waals surface area contributed by atoms with E-state index in [4.69, 9.17) is 5.73 Å². The van der Waals surface area contributed by atoms with Crippen LogP contribution >= 0.6 is 0 Å². The lowest BCUT2D eigenvalue weighted by molar-refractivity contribution is 0.498. The highest BCUT2D eigenvalue weighted by molar-refractivity contribution is 5.89. The van der Waals surface area contributed by atoms with E-state index in [0.717, 1.165) is 42.2 Å². The van der Waals surface area contributed by atoms with Gasteiger partial charge in [-0.15, -0.1) is 0 Å². The zero-order valence-electron chi connectivity index (χ0n) is 19.5. The van der Waals surface area contributed by atoms with Gasteiger partial charge < -0.3 is 15.2 Å².